The molecule has 0 radical (unpaired) electrons. The molecule has 3 aliphatic carbocycles. The number of carbonyl (C=O) groups is 2. The van der Waals surface area contributed by atoms with Gasteiger partial charge in [-0.2, -0.15) is 18.3 Å². The number of carboxylic acids is 2. The smallest absolute Gasteiger partial charge is 0.400 e. The van der Waals surface area contributed by atoms with Gasteiger partial charge >= 0.3 is 6.18 Å². The number of hydrogen-bond acceptors (Lipinski definition) is 5. The molecule has 184 valence electrons. The Hall–Kier alpha value is -3.43. The van der Waals surface area contributed by atoms with E-state index in [0.717, 1.165) is 16.8 Å². The Morgan fingerprint density at radius 2 is 1.86 bits per heavy atom. The van der Waals surface area contributed by atoms with E-state index in [4.69, 9.17) is 0 Å². The minimum absolute atomic E-state index is 0.0248. The van der Waals surface area contributed by atoms with Crippen LogP contribution in [0.15, 0.2) is 47.7 Å². The molecule has 2 aromatic rings. The van der Waals surface area contributed by atoms with E-state index in [0.29, 0.717) is 17.7 Å². The molecule has 0 N–H and O–H groups in total. The summed E-state index contributed by atoms with van der Waals surface area (Å²) >= 11 is 0. The zero-order valence-corrected chi connectivity index (χ0v) is 18.6. The first-order valence-electron chi connectivity index (χ1n) is 11.1. The molecule has 6 nitrogen and oxygen atoms in total. The van der Waals surface area contributed by atoms with Crippen molar-refractivity contribution in [3.63, 3.8) is 0 Å². The van der Waals surface area contributed by atoms with Crippen molar-refractivity contribution in [2.24, 2.45) is 22.7 Å². The summed E-state index contributed by atoms with van der Waals surface area (Å²) in [5.41, 5.74) is -0.796. The Morgan fingerprint density at radius 1 is 1.17 bits per heavy atom. The molecule has 1 aromatic carbocycles. The number of alkyl halides is 3. The summed E-state index contributed by atoms with van der Waals surface area (Å²) in [4.78, 5) is 23.8. The van der Waals surface area contributed by atoms with Gasteiger partial charge in [0.25, 0.3) is 0 Å². The van der Waals surface area contributed by atoms with Gasteiger partial charge in [0.05, 0.1) is 23.5 Å². The molecule has 1 aromatic heterocycles. The van der Waals surface area contributed by atoms with Crippen molar-refractivity contribution in [2.75, 3.05) is 0 Å². The third kappa shape index (κ3) is 3.18. The lowest BCUT2D eigenvalue weighted by Gasteiger charge is -2.55. The molecule has 3 aliphatic rings. The quantitative estimate of drug-likeness (QED) is 0.488. The van der Waals surface area contributed by atoms with Crippen LogP contribution in [0.2, 0.25) is 0 Å². The van der Waals surface area contributed by atoms with Gasteiger partial charge in [-0.15, -0.1) is 0 Å². The van der Waals surface area contributed by atoms with Crippen molar-refractivity contribution in [3.8, 4) is 5.69 Å². The fraction of sp³-hybridized carbons (Fsp3) is 0.400. The van der Waals surface area contributed by atoms with E-state index in [9.17, 15) is 37.4 Å². The molecular formula is C25H20F4N2O4-2. The zero-order chi connectivity index (χ0) is 25.3. The van der Waals surface area contributed by atoms with Crippen LogP contribution in [0.5, 0.6) is 0 Å². The maximum Gasteiger partial charge on any atom is 0.400 e. The van der Waals surface area contributed by atoms with Crippen LogP contribution in [0, 0.1) is 28.5 Å². The van der Waals surface area contributed by atoms with Crippen LogP contribution in [0.4, 0.5) is 17.6 Å². The number of rotatable bonds is 3. The van der Waals surface area contributed by atoms with E-state index in [1.807, 2.05) is 13.0 Å². The standard InChI is InChI=1S/C25H22F4N2O4/c1-23-11-13-12-30-31(16-5-3-15(26)4-6-16)19(13)10-14(23)2-7-17-18(23)8-9-24(22(34)35,25(27,28)29)20(17)21(32)33/h3-6,8,10,12,17,20H,2,7,9,11H2,1H3,(H,32,33)(H,34,35)/p-2/t17-,20+,23-,24-/m0/s1. The van der Waals surface area contributed by atoms with E-state index < -0.39 is 53.0 Å². The molecule has 4 atom stereocenters. The molecule has 10 heteroatoms. The van der Waals surface area contributed by atoms with Gasteiger partial charge < -0.3 is 19.8 Å². The number of carbonyl (C=O) groups excluding carboxylic acids is 2. The van der Waals surface area contributed by atoms with Crippen LogP contribution >= 0.6 is 0 Å². The Kier molecular flexibility index (Phi) is 5.02. The second kappa shape index (κ2) is 7.53. The summed E-state index contributed by atoms with van der Waals surface area (Å²) in [5, 5.41) is 28.2. The second-order valence-corrected chi connectivity index (χ2v) is 9.68. The van der Waals surface area contributed by atoms with Crippen molar-refractivity contribution in [3.05, 3.63) is 64.8 Å². The molecular weight excluding hydrogens is 468 g/mol. The summed E-state index contributed by atoms with van der Waals surface area (Å²) < 4.78 is 57.1. The normalized spacial score (nSPS) is 29.9. The minimum Gasteiger partial charge on any atom is -0.550 e. The van der Waals surface area contributed by atoms with Gasteiger partial charge in [0.2, 0.25) is 0 Å². The molecule has 0 unspecified atom stereocenters. The number of carboxylic acid groups (broad SMARTS) is 2. The number of aromatic nitrogens is 2. The molecule has 5 rings (SSSR count). The monoisotopic (exact) mass is 488 g/mol. The Labute approximate surface area is 197 Å². The fourth-order valence-electron chi connectivity index (χ4n) is 6.25. The van der Waals surface area contributed by atoms with Gasteiger partial charge in [0, 0.05) is 17.3 Å². The highest BCUT2D eigenvalue weighted by atomic mass is 19.4. The summed E-state index contributed by atoms with van der Waals surface area (Å²) in [6.07, 6.45) is -0.947. The molecule has 1 fully saturated rings. The van der Waals surface area contributed by atoms with Gasteiger partial charge in [-0.25, -0.2) is 9.07 Å². The molecule has 0 bridgehead atoms. The molecule has 35 heavy (non-hydrogen) atoms. The average molecular weight is 488 g/mol. The average Bonchev–Trinajstić information content (AvgIpc) is 3.18. The Bertz CT molecular complexity index is 1290. The van der Waals surface area contributed by atoms with Crippen molar-refractivity contribution < 1.29 is 37.4 Å². The van der Waals surface area contributed by atoms with Crippen LogP contribution in [0.25, 0.3) is 11.8 Å². The first-order valence-corrected chi connectivity index (χ1v) is 11.1. The maximum atomic E-state index is 14.0. The van der Waals surface area contributed by atoms with Crippen LogP contribution in [-0.2, 0) is 16.0 Å². The molecule has 1 heterocycles. The van der Waals surface area contributed by atoms with Gasteiger partial charge in [-0.1, -0.05) is 24.1 Å². The van der Waals surface area contributed by atoms with Crippen molar-refractivity contribution in [1.82, 2.24) is 9.78 Å². The van der Waals surface area contributed by atoms with Gasteiger partial charge in [0.15, 0.2) is 0 Å². The van der Waals surface area contributed by atoms with E-state index in [-0.39, 0.29) is 12.8 Å². The van der Waals surface area contributed by atoms with Gasteiger partial charge in [0.1, 0.15) is 11.2 Å². The van der Waals surface area contributed by atoms with Gasteiger partial charge in [-0.3, -0.25) is 0 Å². The Balaban J connectivity index is 1.60. The Morgan fingerprint density at radius 3 is 2.46 bits per heavy atom. The minimum atomic E-state index is -5.33. The summed E-state index contributed by atoms with van der Waals surface area (Å²) in [5.74, 6) is -8.35. The summed E-state index contributed by atoms with van der Waals surface area (Å²) in [6, 6.07) is 5.78. The molecule has 0 spiro atoms. The highest BCUT2D eigenvalue weighted by Gasteiger charge is 2.65. The summed E-state index contributed by atoms with van der Waals surface area (Å²) in [7, 11) is 0. The summed E-state index contributed by atoms with van der Waals surface area (Å²) in [6.45, 7) is 1.83. The van der Waals surface area contributed by atoms with E-state index in [2.05, 4.69) is 5.10 Å². The first-order chi connectivity index (χ1) is 16.4. The third-order valence-corrected chi connectivity index (χ3v) is 7.98. The topological polar surface area (TPSA) is 98.1 Å². The predicted molar refractivity (Wildman–Crippen MR) is 111 cm³/mol. The van der Waals surface area contributed by atoms with Crippen molar-refractivity contribution in [2.45, 2.75) is 38.8 Å². The highest BCUT2D eigenvalue weighted by molar-refractivity contribution is 5.84. The van der Waals surface area contributed by atoms with E-state index in [1.165, 1.54) is 18.2 Å². The van der Waals surface area contributed by atoms with Crippen LogP contribution in [0.1, 0.15) is 37.4 Å². The lowest BCUT2D eigenvalue weighted by atomic mass is 9.50. The second-order valence-electron chi connectivity index (χ2n) is 9.68. The first kappa shape index (κ1) is 23.3. The number of benzene rings is 1. The molecule has 0 saturated heterocycles. The van der Waals surface area contributed by atoms with Gasteiger partial charge in [-0.05, 0) is 67.5 Å². The molecule has 0 aliphatic heterocycles. The highest BCUT2D eigenvalue weighted by Crippen LogP contribution is 2.62. The molecule has 1 saturated carbocycles. The fourth-order valence-corrected chi connectivity index (χ4v) is 6.25. The van der Waals surface area contributed by atoms with Crippen LogP contribution < -0.4 is 10.2 Å². The van der Waals surface area contributed by atoms with Crippen molar-refractivity contribution in [1.29, 1.82) is 0 Å². The van der Waals surface area contributed by atoms with Crippen LogP contribution in [0.3, 0.4) is 0 Å². The molecule has 0 amide bonds. The third-order valence-electron chi connectivity index (χ3n) is 7.98. The zero-order valence-electron chi connectivity index (χ0n) is 18.6. The largest absolute Gasteiger partial charge is 0.550 e. The number of halogens is 4. The predicted octanol–water partition coefficient (Wildman–Crippen LogP) is 2.36. The number of fused-ring (bicyclic) bond motifs is 4. The SMILES string of the molecule is C[C@]12Cc3cnn(-c4ccc(F)cc4)c3C=C1CC[C@H]1C2=CC[C@](C(=O)[O-])(C(F)(F)F)[C@H]1C(=O)[O-]. The number of allylic oxidation sites excluding steroid dienone is 3. The number of aliphatic carboxylic acids is 2. The van der Waals surface area contributed by atoms with E-state index in [1.54, 1.807) is 23.0 Å². The number of nitrogens with zero attached hydrogens (tertiary/aromatic N) is 2. The van der Waals surface area contributed by atoms with E-state index >= 15 is 0 Å². The van der Waals surface area contributed by atoms with Crippen LogP contribution in [-0.4, -0.2) is 27.9 Å². The maximum absolute atomic E-state index is 14.0. The lowest BCUT2D eigenvalue weighted by molar-refractivity contribution is -0.364. The number of hydrogen-bond donors (Lipinski definition) is 0. The lowest BCUT2D eigenvalue weighted by Crippen LogP contribution is -2.64. The van der Waals surface area contributed by atoms with Crippen molar-refractivity contribution >= 4 is 18.0 Å².